The van der Waals surface area contributed by atoms with Gasteiger partial charge in [0.1, 0.15) is 10.8 Å². The lowest BCUT2D eigenvalue weighted by Gasteiger charge is -2.09. The van der Waals surface area contributed by atoms with Gasteiger partial charge in [0.25, 0.3) is 11.6 Å². The van der Waals surface area contributed by atoms with Crippen LogP contribution >= 0.6 is 22.9 Å². The van der Waals surface area contributed by atoms with Crippen molar-refractivity contribution in [2.45, 2.75) is 13.8 Å². The maximum Gasteiger partial charge on any atom is 0.341 e. The minimum absolute atomic E-state index is 0.0186. The van der Waals surface area contributed by atoms with E-state index in [9.17, 15) is 19.7 Å². The molecule has 1 aromatic heterocycles. The van der Waals surface area contributed by atoms with Crippen LogP contribution in [-0.2, 0) is 9.53 Å². The molecule has 0 atom stereocenters. The summed E-state index contributed by atoms with van der Waals surface area (Å²) < 4.78 is 10.0. The van der Waals surface area contributed by atoms with E-state index in [0.717, 1.165) is 16.5 Å². The standard InChI is InChI=1S/C16H15ClN2O6S/c1-8-9(2)26-15(14(8)16(21)24-3)18-13(20)7-25-12-5-4-10(19(22)23)6-11(12)17/h4-6H,7H2,1-3H3,(H,18,20). The van der Waals surface area contributed by atoms with E-state index in [4.69, 9.17) is 21.1 Å². The van der Waals surface area contributed by atoms with Crippen LogP contribution in [0.25, 0.3) is 0 Å². The maximum atomic E-state index is 12.1. The van der Waals surface area contributed by atoms with Gasteiger partial charge in [0.05, 0.1) is 22.6 Å². The van der Waals surface area contributed by atoms with Gasteiger partial charge in [-0.1, -0.05) is 11.6 Å². The Morgan fingerprint density at radius 2 is 2.04 bits per heavy atom. The molecule has 1 heterocycles. The number of nitro groups is 1. The van der Waals surface area contributed by atoms with Crippen LogP contribution < -0.4 is 10.1 Å². The fourth-order valence-electron chi connectivity index (χ4n) is 2.09. The monoisotopic (exact) mass is 398 g/mol. The van der Waals surface area contributed by atoms with E-state index < -0.39 is 16.8 Å². The lowest BCUT2D eigenvalue weighted by molar-refractivity contribution is -0.384. The second-order valence-electron chi connectivity index (χ2n) is 5.19. The number of hydrogen-bond donors (Lipinski definition) is 1. The van der Waals surface area contributed by atoms with Crippen molar-refractivity contribution in [2.24, 2.45) is 0 Å². The summed E-state index contributed by atoms with van der Waals surface area (Å²) in [6, 6.07) is 3.67. The van der Waals surface area contributed by atoms with Gasteiger partial charge in [0, 0.05) is 17.0 Å². The van der Waals surface area contributed by atoms with Crippen molar-refractivity contribution in [1.29, 1.82) is 0 Å². The van der Waals surface area contributed by atoms with E-state index in [1.54, 1.807) is 6.92 Å². The summed E-state index contributed by atoms with van der Waals surface area (Å²) in [5, 5.41) is 13.7. The number of methoxy groups -OCH3 is 1. The average molecular weight is 399 g/mol. The van der Waals surface area contributed by atoms with Crippen LogP contribution in [0, 0.1) is 24.0 Å². The second kappa shape index (κ2) is 8.15. The third kappa shape index (κ3) is 4.30. The summed E-state index contributed by atoms with van der Waals surface area (Å²) in [6.07, 6.45) is 0. The first kappa shape index (κ1) is 19.7. The molecule has 1 N–H and O–H groups in total. The second-order valence-corrected chi connectivity index (χ2v) is 6.82. The molecule has 2 rings (SSSR count). The van der Waals surface area contributed by atoms with E-state index in [-0.39, 0.29) is 23.1 Å². The van der Waals surface area contributed by atoms with Gasteiger partial charge in [-0.2, -0.15) is 0 Å². The zero-order chi connectivity index (χ0) is 19.4. The molecule has 0 aliphatic heterocycles. The van der Waals surface area contributed by atoms with Crippen molar-refractivity contribution in [3.63, 3.8) is 0 Å². The molecule has 0 spiro atoms. The number of rotatable bonds is 6. The molecule has 26 heavy (non-hydrogen) atoms. The topological polar surface area (TPSA) is 108 Å². The minimum atomic E-state index is -0.585. The zero-order valence-corrected chi connectivity index (χ0v) is 15.7. The number of carbonyl (C=O) groups excluding carboxylic acids is 2. The van der Waals surface area contributed by atoms with Gasteiger partial charge in [0.15, 0.2) is 6.61 Å². The fraction of sp³-hybridized carbons (Fsp3) is 0.250. The molecule has 1 amide bonds. The van der Waals surface area contributed by atoms with Crippen LogP contribution in [0.2, 0.25) is 5.02 Å². The molecule has 0 saturated carbocycles. The van der Waals surface area contributed by atoms with Gasteiger partial charge in [-0.05, 0) is 25.5 Å². The predicted molar refractivity (Wildman–Crippen MR) is 97.4 cm³/mol. The SMILES string of the molecule is COC(=O)c1c(NC(=O)COc2ccc([N+](=O)[O-])cc2Cl)sc(C)c1C. The predicted octanol–water partition coefficient (Wildman–Crippen LogP) is 3.73. The van der Waals surface area contributed by atoms with Crippen LogP contribution in [0.1, 0.15) is 20.8 Å². The molecule has 0 radical (unpaired) electrons. The van der Waals surface area contributed by atoms with Crippen LogP contribution in [0.5, 0.6) is 5.75 Å². The van der Waals surface area contributed by atoms with Gasteiger partial charge in [-0.25, -0.2) is 4.79 Å². The average Bonchev–Trinajstić information content (AvgIpc) is 2.86. The van der Waals surface area contributed by atoms with Crippen molar-refractivity contribution in [3.8, 4) is 5.75 Å². The quantitative estimate of drug-likeness (QED) is 0.451. The first-order valence-electron chi connectivity index (χ1n) is 7.29. The molecule has 0 aliphatic rings. The summed E-state index contributed by atoms with van der Waals surface area (Å²) in [5.74, 6) is -0.911. The van der Waals surface area contributed by atoms with Crippen molar-refractivity contribution in [1.82, 2.24) is 0 Å². The van der Waals surface area contributed by atoms with E-state index in [0.29, 0.717) is 10.6 Å². The number of amides is 1. The van der Waals surface area contributed by atoms with E-state index >= 15 is 0 Å². The number of nitrogens with zero attached hydrogens (tertiary/aromatic N) is 1. The Morgan fingerprint density at radius 3 is 2.62 bits per heavy atom. The lowest BCUT2D eigenvalue weighted by Crippen LogP contribution is -2.21. The van der Waals surface area contributed by atoms with Gasteiger partial charge in [-0.3, -0.25) is 14.9 Å². The van der Waals surface area contributed by atoms with E-state index in [1.165, 1.54) is 30.6 Å². The van der Waals surface area contributed by atoms with Crippen molar-refractivity contribution in [3.05, 3.63) is 49.3 Å². The van der Waals surface area contributed by atoms with Crippen molar-refractivity contribution >= 4 is 45.5 Å². The van der Waals surface area contributed by atoms with Crippen LogP contribution in [0.15, 0.2) is 18.2 Å². The summed E-state index contributed by atoms with van der Waals surface area (Å²) in [5.41, 5.74) is 0.854. The fourth-order valence-corrected chi connectivity index (χ4v) is 3.38. The molecule has 2 aromatic rings. The number of hydrogen-bond acceptors (Lipinski definition) is 7. The van der Waals surface area contributed by atoms with Crippen molar-refractivity contribution in [2.75, 3.05) is 19.0 Å². The molecule has 138 valence electrons. The number of anilines is 1. The maximum absolute atomic E-state index is 12.1. The number of aryl methyl sites for hydroxylation is 1. The normalized spacial score (nSPS) is 10.3. The van der Waals surface area contributed by atoms with Gasteiger partial charge in [0.2, 0.25) is 0 Å². The Morgan fingerprint density at radius 1 is 1.35 bits per heavy atom. The molecule has 0 aliphatic carbocycles. The molecule has 0 saturated heterocycles. The van der Waals surface area contributed by atoms with Crippen LogP contribution in [0.3, 0.4) is 0 Å². The largest absolute Gasteiger partial charge is 0.482 e. The Kier molecular flexibility index (Phi) is 6.17. The molecular formula is C16H15ClN2O6S. The van der Waals surface area contributed by atoms with Gasteiger partial charge >= 0.3 is 5.97 Å². The molecule has 0 fully saturated rings. The highest BCUT2D eigenvalue weighted by molar-refractivity contribution is 7.16. The summed E-state index contributed by atoms with van der Waals surface area (Å²) in [6.45, 7) is 3.21. The number of halogens is 1. The van der Waals surface area contributed by atoms with Gasteiger partial charge < -0.3 is 14.8 Å². The van der Waals surface area contributed by atoms with E-state index in [1.807, 2.05) is 6.92 Å². The first-order valence-corrected chi connectivity index (χ1v) is 8.49. The summed E-state index contributed by atoms with van der Waals surface area (Å²) in [4.78, 5) is 35.0. The first-order chi connectivity index (χ1) is 12.2. The van der Waals surface area contributed by atoms with Gasteiger partial charge in [-0.15, -0.1) is 11.3 Å². The number of ether oxygens (including phenoxy) is 2. The molecule has 0 unspecified atom stereocenters. The summed E-state index contributed by atoms with van der Waals surface area (Å²) in [7, 11) is 1.26. The highest BCUT2D eigenvalue weighted by Crippen LogP contribution is 2.33. The number of nitrogens with one attached hydrogen (secondary N) is 1. The number of non-ortho nitro benzene ring substituents is 1. The Bertz CT molecular complexity index is 880. The highest BCUT2D eigenvalue weighted by Gasteiger charge is 2.22. The molecule has 8 nitrogen and oxygen atoms in total. The smallest absolute Gasteiger partial charge is 0.341 e. The summed E-state index contributed by atoms with van der Waals surface area (Å²) >= 11 is 7.16. The third-order valence-corrected chi connectivity index (χ3v) is 4.93. The number of carbonyl (C=O) groups is 2. The van der Waals surface area contributed by atoms with Crippen molar-refractivity contribution < 1.29 is 24.0 Å². The number of benzene rings is 1. The minimum Gasteiger partial charge on any atom is -0.482 e. The zero-order valence-electron chi connectivity index (χ0n) is 14.1. The van der Waals surface area contributed by atoms with Crippen LogP contribution in [-0.4, -0.2) is 30.5 Å². The number of esters is 1. The number of nitro benzene ring substituents is 1. The number of thiophene rings is 1. The Balaban J connectivity index is 2.07. The lowest BCUT2D eigenvalue weighted by atomic mass is 10.1. The third-order valence-electron chi connectivity index (χ3n) is 3.51. The van der Waals surface area contributed by atoms with E-state index in [2.05, 4.69) is 5.32 Å². The molecule has 0 bridgehead atoms. The molecule has 1 aromatic carbocycles. The molecule has 10 heteroatoms. The molecular weight excluding hydrogens is 384 g/mol. The Labute approximate surface area is 157 Å². The highest BCUT2D eigenvalue weighted by atomic mass is 35.5. The van der Waals surface area contributed by atoms with Crippen LogP contribution in [0.4, 0.5) is 10.7 Å². The Hall–Kier alpha value is -2.65.